The molecule has 0 bridgehead atoms. The van der Waals surface area contributed by atoms with E-state index in [4.69, 9.17) is 5.26 Å². The molecular weight excluding hydrogens is 325 g/mol. The molecule has 0 saturated heterocycles. The van der Waals surface area contributed by atoms with E-state index in [2.05, 4.69) is 28.7 Å². The van der Waals surface area contributed by atoms with Crippen molar-refractivity contribution in [2.45, 2.75) is 29.6 Å². The number of ketones is 1. The first-order valence-corrected chi connectivity index (χ1v) is 7.10. The lowest BCUT2D eigenvalue weighted by atomic mass is 9.96. The number of rotatable bonds is 3. The molecule has 88 valence electrons. The van der Waals surface area contributed by atoms with Gasteiger partial charge in [-0.15, -0.1) is 0 Å². The second-order valence-electron chi connectivity index (χ2n) is 4.49. The van der Waals surface area contributed by atoms with Crippen LogP contribution in [0.2, 0.25) is 0 Å². The standard InChI is InChI=1S/C14H14INO/c15-13(9-16)11-6-4-10(5-7-11)8-12-2-1-3-14(12)17/h4-7,12-13H,1-3,8H2. The smallest absolute Gasteiger partial charge is 0.136 e. The van der Waals surface area contributed by atoms with E-state index >= 15 is 0 Å². The molecule has 3 heteroatoms. The molecule has 2 rings (SSSR count). The minimum Gasteiger partial charge on any atom is -0.299 e. The minimum absolute atomic E-state index is 0.0882. The lowest BCUT2D eigenvalue weighted by Crippen LogP contribution is -2.09. The third-order valence-electron chi connectivity index (χ3n) is 3.30. The molecule has 17 heavy (non-hydrogen) atoms. The van der Waals surface area contributed by atoms with Crippen molar-refractivity contribution < 1.29 is 4.79 Å². The van der Waals surface area contributed by atoms with Crippen LogP contribution >= 0.6 is 22.6 Å². The van der Waals surface area contributed by atoms with Crippen molar-refractivity contribution in [2.24, 2.45) is 5.92 Å². The topological polar surface area (TPSA) is 40.9 Å². The van der Waals surface area contributed by atoms with Crippen LogP contribution in [0.1, 0.15) is 34.3 Å². The molecule has 0 aliphatic heterocycles. The molecule has 2 nitrogen and oxygen atoms in total. The van der Waals surface area contributed by atoms with Crippen molar-refractivity contribution >= 4 is 28.4 Å². The van der Waals surface area contributed by atoms with Crippen molar-refractivity contribution in [3.63, 3.8) is 0 Å². The highest BCUT2D eigenvalue weighted by molar-refractivity contribution is 14.1. The number of nitrogens with zero attached hydrogens (tertiary/aromatic N) is 1. The van der Waals surface area contributed by atoms with Gasteiger partial charge in [0.25, 0.3) is 0 Å². The fourth-order valence-electron chi connectivity index (χ4n) is 2.29. The Labute approximate surface area is 115 Å². The molecule has 1 aliphatic rings. The maximum absolute atomic E-state index is 11.6. The van der Waals surface area contributed by atoms with Crippen molar-refractivity contribution in [1.29, 1.82) is 5.26 Å². The average Bonchev–Trinajstić information content (AvgIpc) is 2.75. The van der Waals surface area contributed by atoms with Gasteiger partial charge in [-0.2, -0.15) is 5.26 Å². The van der Waals surface area contributed by atoms with Crippen molar-refractivity contribution in [3.8, 4) is 6.07 Å². The monoisotopic (exact) mass is 339 g/mol. The molecule has 1 aliphatic carbocycles. The van der Waals surface area contributed by atoms with E-state index in [0.717, 1.165) is 31.2 Å². The van der Waals surface area contributed by atoms with E-state index in [0.29, 0.717) is 5.78 Å². The van der Waals surface area contributed by atoms with Gasteiger partial charge in [-0.05, 0) is 30.4 Å². The predicted molar refractivity (Wildman–Crippen MR) is 74.9 cm³/mol. The van der Waals surface area contributed by atoms with Crippen LogP contribution in [0.15, 0.2) is 24.3 Å². The molecule has 0 aromatic heterocycles. The van der Waals surface area contributed by atoms with Gasteiger partial charge in [0.15, 0.2) is 0 Å². The van der Waals surface area contributed by atoms with E-state index in [1.165, 1.54) is 5.56 Å². The third-order valence-corrected chi connectivity index (χ3v) is 4.30. The number of hydrogen-bond donors (Lipinski definition) is 0. The molecule has 1 saturated carbocycles. The fraction of sp³-hybridized carbons (Fsp3) is 0.429. The van der Waals surface area contributed by atoms with Crippen molar-refractivity contribution in [2.75, 3.05) is 0 Å². The lowest BCUT2D eigenvalue weighted by molar-refractivity contribution is -0.120. The van der Waals surface area contributed by atoms with Gasteiger partial charge >= 0.3 is 0 Å². The molecule has 0 heterocycles. The summed E-state index contributed by atoms with van der Waals surface area (Å²) in [5.74, 6) is 0.644. The molecule has 0 radical (unpaired) electrons. The zero-order chi connectivity index (χ0) is 12.3. The van der Waals surface area contributed by atoms with E-state index in [9.17, 15) is 4.79 Å². The van der Waals surface area contributed by atoms with Crippen LogP contribution in [0.3, 0.4) is 0 Å². The fourth-order valence-corrected chi connectivity index (χ4v) is 2.70. The van der Waals surface area contributed by atoms with Gasteiger partial charge in [-0.1, -0.05) is 46.9 Å². The number of alkyl halides is 1. The van der Waals surface area contributed by atoms with E-state index in [-0.39, 0.29) is 9.84 Å². The number of benzene rings is 1. The van der Waals surface area contributed by atoms with Gasteiger partial charge in [0.05, 0.1) is 6.07 Å². The normalized spacial score (nSPS) is 21.2. The maximum atomic E-state index is 11.6. The Morgan fingerprint density at radius 3 is 2.65 bits per heavy atom. The minimum atomic E-state index is -0.0882. The highest BCUT2D eigenvalue weighted by Gasteiger charge is 2.24. The first-order valence-electron chi connectivity index (χ1n) is 5.86. The Morgan fingerprint density at radius 1 is 1.41 bits per heavy atom. The summed E-state index contributed by atoms with van der Waals surface area (Å²) in [5, 5.41) is 8.82. The van der Waals surface area contributed by atoms with Gasteiger partial charge in [0.1, 0.15) is 9.71 Å². The Balaban J connectivity index is 2.03. The summed E-state index contributed by atoms with van der Waals surface area (Å²) in [7, 11) is 0. The molecular formula is C14H14INO. The summed E-state index contributed by atoms with van der Waals surface area (Å²) >= 11 is 2.12. The SMILES string of the molecule is N#CC(I)c1ccc(CC2CCCC2=O)cc1. The Bertz CT molecular complexity index is 446. The molecule has 1 fully saturated rings. The van der Waals surface area contributed by atoms with Crippen LogP contribution in [0, 0.1) is 17.2 Å². The molecule has 1 aromatic rings. The third kappa shape index (κ3) is 3.06. The lowest BCUT2D eigenvalue weighted by Gasteiger charge is -2.08. The number of carbonyl (C=O) groups excluding carboxylic acids is 1. The summed E-state index contributed by atoms with van der Waals surface area (Å²) < 4.78 is -0.0882. The summed E-state index contributed by atoms with van der Waals surface area (Å²) in [4.78, 5) is 11.6. The van der Waals surface area contributed by atoms with E-state index < -0.39 is 0 Å². The van der Waals surface area contributed by atoms with Crippen LogP contribution in [-0.4, -0.2) is 5.78 Å². The predicted octanol–water partition coefficient (Wildman–Crippen LogP) is 3.60. The molecule has 2 unspecified atom stereocenters. The molecule has 0 amide bonds. The number of Topliss-reactive ketones (excluding diaryl/α,β-unsaturated/α-hetero) is 1. The summed E-state index contributed by atoms with van der Waals surface area (Å²) in [6, 6.07) is 10.3. The number of nitriles is 1. The number of hydrogen-bond acceptors (Lipinski definition) is 2. The number of carbonyl (C=O) groups is 1. The van der Waals surface area contributed by atoms with Crippen LogP contribution in [-0.2, 0) is 11.2 Å². The maximum Gasteiger partial charge on any atom is 0.136 e. The molecule has 1 aromatic carbocycles. The molecule has 0 spiro atoms. The van der Waals surface area contributed by atoms with Crippen molar-refractivity contribution in [3.05, 3.63) is 35.4 Å². The summed E-state index contributed by atoms with van der Waals surface area (Å²) in [6.45, 7) is 0. The van der Waals surface area contributed by atoms with Crippen LogP contribution < -0.4 is 0 Å². The Morgan fingerprint density at radius 2 is 2.12 bits per heavy atom. The van der Waals surface area contributed by atoms with Crippen LogP contribution in [0.5, 0.6) is 0 Å². The molecule has 2 atom stereocenters. The Kier molecular flexibility index (Phi) is 4.16. The Hall–Kier alpha value is -0.890. The summed E-state index contributed by atoms with van der Waals surface area (Å²) in [6.07, 6.45) is 3.70. The van der Waals surface area contributed by atoms with Crippen LogP contribution in [0.25, 0.3) is 0 Å². The second-order valence-corrected chi connectivity index (χ2v) is 5.74. The highest BCUT2D eigenvalue weighted by atomic mass is 127. The van der Waals surface area contributed by atoms with E-state index in [1.54, 1.807) is 0 Å². The number of halogens is 1. The van der Waals surface area contributed by atoms with E-state index in [1.807, 2.05) is 24.3 Å². The first kappa shape index (κ1) is 12.6. The molecule has 0 N–H and O–H groups in total. The highest BCUT2D eigenvalue weighted by Crippen LogP contribution is 2.27. The van der Waals surface area contributed by atoms with Gasteiger partial charge < -0.3 is 0 Å². The summed E-state index contributed by atoms with van der Waals surface area (Å²) in [5.41, 5.74) is 2.24. The van der Waals surface area contributed by atoms with Gasteiger partial charge in [0, 0.05) is 12.3 Å². The van der Waals surface area contributed by atoms with Gasteiger partial charge in [0.2, 0.25) is 0 Å². The average molecular weight is 339 g/mol. The quantitative estimate of drug-likeness (QED) is 0.624. The van der Waals surface area contributed by atoms with Crippen LogP contribution in [0.4, 0.5) is 0 Å². The zero-order valence-corrected chi connectivity index (χ0v) is 11.7. The zero-order valence-electron chi connectivity index (χ0n) is 9.53. The largest absolute Gasteiger partial charge is 0.299 e. The second kappa shape index (κ2) is 5.63. The first-order chi connectivity index (χ1) is 8.20. The van der Waals surface area contributed by atoms with Gasteiger partial charge in [-0.25, -0.2) is 0 Å². The van der Waals surface area contributed by atoms with Gasteiger partial charge in [-0.3, -0.25) is 4.79 Å². The van der Waals surface area contributed by atoms with Crippen molar-refractivity contribution in [1.82, 2.24) is 0 Å².